The molecule has 31 heavy (non-hydrogen) atoms. The second kappa shape index (κ2) is 9.32. The highest BCUT2D eigenvalue weighted by molar-refractivity contribution is 7.98. The zero-order valence-corrected chi connectivity index (χ0v) is 18.5. The van der Waals surface area contributed by atoms with Gasteiger partial charge in [0.2, 0.25) is 5.91 Å². The maximum absolute atomic E-state index is 14.2. The molecule has 0 aliphatic carbocycles. The second-order valence-electron chi connectivity index (χ2n) is 6.49. The van der Waals surface area contributed by atoms with Gasteiger partial charge < -0.3 is 4.74 Å². The van der Waals surface area contributed by atoms with E-state index in [1.165, 1.54) is 41.0 Å². The van der Waals surface area contributed by atoms with Gasteiger partial charge in [0.25, 0.3) is 0 Å². The molecule has 0 spiro atoms. The summed E-state index contributed by atoms with van der Waals surface area (Å²) in [7, 11) is 1.63. The number of carbonyl (C=O) groups excluding carboxylic acids is 1. The summed E-state index contributed by atoms with van der Waals surface area (Å²) in [6, 6.07) is 13.9. The van der Waals surface area contributed by atoms with E-state index in [-0.39, 0.29) is 11.6 Å². The number of imidazole rings is 1. The van der Waals surface area contributed by atoms with Crippen LogP contribution < -0.4 is 9.64 Å². The van der Waals surface area contributed by atoms with Crippen molar-refractivity contribution in [2.45, 2.75) is 17.8 Å². The Labute approximate surface area is 187 Å². The van der Waals surface area contributed by atoms with Crippen molar-refractivity contribution in [3.63, 3.8) is 0 Å². The molecule has 4 aromatic rings. The number of halogens is 1. The van der Waals surface area contributed by atoms with Gasteiger partial charge in [0.1, 0.15) is 11.6 Å². The quantitative estimate of drug-likeness (QED) is 0.347. The van der Waals surface area contributed by atoms with Gasteiger partial charge >= 0.3 is 0 Å². The molecular weight excluding hydrogens is 435 g/mol. The first-order chi connectivity index (χ1) is 15.1. The summed E-state index contributed by atoms with van der Waals surface area (Å²) in [6.07, 6.45) is 3.64. The lowest BCUT2D eigenvalue weighted by Gasteiger charge is -2.18. The van der Waals surface area contributed by atoms with Crippen LogP contribution in [0.1, 0.15) is 12.6 Å². The van der Waals surface area contributed by atoms with Crippen LogP contribution in [0.2, 0.25) is 0 Å². The lowest BCUT2D eigenvalue weighted by Crippen LogP contribution is -2.23. The minimum atomic E-state index is -0.467. The number of amides is 1. The fourth-order valence-electron chi connectivity index (χ4n) is 2.98. The Morgan fingerprint density at radius 2 is 2.00 bits per heavy atom. The molecule has 0 saturated carbocycles. The SMILES string of the molecule is COc1ccc(-n2ccnc2SCc2csc(N(C(C)=O)c3ccccc3F)n2)cc1. The summed E-state index contributed by atoms with van der Waals surface area (Å²) in [5.74, 6) is 0.587. The molecule has 1 amide bonds. The highest BCUT2D eigenvalue weighted by atomic mass is 32.2. The molecule has 0 aliphatic heterocycles. The highest BCUT2D eigenvalue weighted by Crippen LogP contribution is 2.32. The number of thioether (sulfide) groups is 1. The molecule has 0 atom stereocenters. The fourth-order valence-corrected chi connectivity index (χ4v) is 4.83. The van der Waals surface area contributed by atoms with Crippen LogP contribution in [0, 0.1) is 5.82 Å². The number of anilines is 2. The molecule has 4 rings (SSSR count). The van der Waals surface area contributed by atoms with Crippen LogP contribution in [0.4, 0.5) is 15.2 Å². The Morgan fingerprint density at radius 3 is 2.71 bits per heavy atom. The third-order valence-electron chi connectivity index (χ3n) is 4.45. The van der Waals surface area contributed by atoms with Crippen LogP contribution in [-0.4, -0.2) is 27.6 Å². The van der Waals surface area contributed by atoms with Crippen LogP contribution in [0.5, 0.6) is 5.75 Å². The minimum absolute atomic E-state index is 0.193. The summed E-state index contributed by atoms with van der Waals surface area (Å²) >= 11 is 2.84. The Kier molecular flexibility index (Phi) is 6.34. The van der Waals surface area contributed by atoms with Crippen molar-refractivity contribution < 1.29 is 13.9 Å². The van der Waals surface area contributed by atoms with E-state index in [1.807, 2.05) is 40.4 Å². The molecule has 0 bridgehead atoms. The zero-order valence-electron chi connectivity index (χ0n) is 16.9. The van der Waals surface area contributed by atoms with Gasteiger partial charge in [-0.15, -0.1) is 11.3 Å². The Bertz CT molecular complexity index is 1190. The summed E-state index contributed by atoms with van der Waals surface area (Å²) in [6.45, 7) is 1.40. The normalized spacial score (nSPS) is 10.8. The van der Waals surface area contributed by atoms with Crippen LogP contribution >= 0.6 is 23.1 Å². The molecule has 158 valence electrons. The molecule has 2 heterocycles. The number of methoxy groups -OCH3 is 1. The van der Waals surface area contributed by atoms with Crippen molar-refractivity contribution in [2.75, 3.05) is 12.0 Å². The maximum atomic E-state index is 14.2. The minimum Gasteiger partial charge on any atom is -0.497 e. The molecule has 0 aliphatic rings. The predicted octanol–water partition coefficient (Wildman–Crippen LogP) is 5.45. The van der Waals surface area contributed by atoms with E-state index in [0.29, 0.717) is 10.9 Å². The van der Waals surface area contributed by atoms with Gasteiger partial charge in [-0.05, 0) is 36.4 Å². The van der Waals surface area contributed by atoms with Crippen LogP contribution in [0.3, 0.4) is 0 Å². The molecule has 0 N–H and O–H groups in total. The van der Waals surface area contributed by atoms with E-state index in [9.17, 15) is 9.18 Å². The van der Waals surface area contributed by atoms with Crippen LogP contribution in [0.25, 0.3) is 5.69 Å². The number of hydrogen-bond acceptors (Lipinski definition) is 6. The number of carbonyl (C=O) groups is 1. The largest absolute Gasteiger partial charge is 0.497 e. The van der Waals surface area contributed by atoms with Crippen LogP contribution in [0.15, 0.2) is 71.5 Å². The van der Waals surface area contributed by atoms with E-state index in [4.69, 9.17) is 4.74 Å². The topological polar surface area (TPSA) is 60.2 Å². The van der Waals surface area contributed by atoms with Gasteiger partial charge in [-0.2, -0.15) is 0 Å². The number of aromatic nitrogens is 3. The van der Waals surface area contributed by atoms with Crippen molar-refractivity contribution in [3.8, 4) is 11.4 Å². The lowest BCUT2D eigenvalue weighted by molar-refractivity contribution is -0.115. The number of ether oxygens (including phenoxy) is 1. The predicted molar refractivity (Wildman–Crippen MR) is 121 cm³/mol. The van der Waals surface area contributed by atoms with Gasteiger partial charge in [0.15, 0.2) is 10.3 Å². The molecule has 2 aromatic carbocycles. The highest BCUT2D eigenvalue weighted by Gasteiger charge is 2.21. The molecule has 0 unspecified atom stereocenters. The number of thiazole rings is 1. The standard InChI is InChI=1S/C22H19FN4O2S2/c1-15(28)27(20-6-4-3-5-19(20)23)22-25-16(14-31-22)13-30-21-24-11-12-26(21)17-7-9-18(29-2)10-8-17/h3-12,14H,13H2,1-2H3. The van der Waals surface area contributed by atoms with Gasteiger partial charge in [-0.3, -0.25) is 14.3 Å². The number of hydrogen-bond donors (Lipinski definition) is 0. The average molecular weight is 455 g/mol. The monoisotopic (exact) mass is 454 g/mol. The Morgan fingerprint density at radius 1 is 1.23 bits per heavy atom. The first kappa shape index (κ1) is 21.1. The van der Waals surface area contributed by atoms with Crippen molar-refractivity contribution in [1.82, 2.24) is 14.5 Å². The maximum Gasteiger partial charge on any atom is 0.230 e. The van der Waals surface area contributed by atoms with E-state index >= 15 is 0 Å². The fraction of sp³-hybridized carbons (Fsp3) is 0.136. The Balaban J connectivity index is 1.51. The van der Waals surface area contributed by atoms with E-state index in [1.54, 1.807) is 31.5 Å². The summed E-state index contributed by atoms with van der Waals surface area (Å²) in [5, 5.41) is 3.13. The third-order valence-corrected chi connectivity index (χ3v) is 6.32. The van der Waals surface area contributed by atoms with E-state index in [0.717, 1.165) is 22.3 Å². The second-order valence-corrected chi connectivity index (χ2v) is 8.27. The zero-order chi connectivity index (χ0) is 21.8. The molecule has 2 aromatic heterocycles. The molecule has 0 fully saturated rings. The number of para-hydroxylation sites is 1. The van der Waals surface area contributed by atoms with Gasteiger partial charge in [-0.25, -0.2) is 14.4 Å². The summed E-state index contributed by atoms with van der Waals surface area (Å²) < 4.78 is 21.4. The number of nitrogens with zero attached hydrogens (tertiary/aromatic N) is 4. The van der Waals surface area contributed by atoms with E-state index in [2.05, 4.69) is 9.97 Å². The third kappa shape index (κ3) is 4.62. The Hall–Kier alpha value is -3.17. The molecular formula is C22H19FN4O2S2. The summed E-state index contributed by atoms with van der Waals surface area (Å²) in [4.78, 5) is 22.5. The lowest BCUT2D eigenvalue weighted by atomic mass is 10.3. The molecule has 6 nitrogen and oxygen atoms in total. The average Bonchev–Trinajstić information content (AvgIpc) is 3.43. The molecule has 9 heteroatoms. The van der Waals surface area contributed by atoms with Crippen LogP contribution in [-0.2, 0) is 10.5 Å². The van der Waals surface area contributed by atoms with Gasteiger partial charge in [-0.1, -0.05) is 23.9 Å². The smallest absolute Gasteiger partial charge is 0.230 e. The van der Waals surface area contributed by atoms with Crippen molar-refractivity contribution >= 4 is 39.8 Å². The first-order valence-electron chi connectivity index (χ1n) is 9.37. The van der Waals surface area contributed by atoms with Crippen molar-refractivity contribution in [2.24, 2.45) is 0 Å². The van der Waals surface area contributed by atoms with Gasteiger partial charge in [0.05, 0.1) is 18.5 Å². The molecule has 0 saturated heterocycles. The summed E-state index contributed by atoms with van der Waals surface area (Å²) in [5.41, 5.74) is 1.96. The number of benzene rings is 2. The first-order valence-corrected chi connectivity index (χ1v) is 11.2. The molecule has 0 radical (unpaired) electrons. The number of rotatable bonds is 7. The van der Waals surface area contributed by atoms with Gasteiger partial charge in [0, 0.05) is 36.1 Å². The van der Waals surface area contributed by atoms with Crippen molar-refractivity contribution in [3.05, 3.63) is 77.8 Å². The van der Waals surface area contributed by atoms with E-state index < -0.39 is 5.82 Å². The van der Waals surface area contributed by atoms with Crippen molar-refractivity contribution in [1.29, 1.82) is 0 Å².